The van der Waals surface area contributed by atoms with E-state index in [2.05, 4.69) is 31.9 Å². The molecule has 2 nitrogen and oxygen atoms in total. The Hall–Kier alpha value is 0.1000. The second-order valence-electron chi connectivity index (χ2n) is 2.97. The molecule has 0 bridgehead atoms. The molecule has 0 saturated carbocycles. The molecule has 1 aromatic carbocycles. The van der Waals surface area contributed by atoms with Gasteiger partial charge in [0.05, 0.1) is 12.1 Å². The molecule has 0 saturated heterocycles. The van der Waals surface area contributed by atoms with Gasteiger partial charge in [-0.3, -0.25) is 0 Å². The first kappa shape index (κ1) is 11.2. The number of hydrogen-bond donors (Lipinski definition) is 2. The standard InChI is InChI=1S/C9H11Br2NO/c1-5(13)9(12)6-2-7(10)4-8(11)3-6/h2-5,9,13H,12H2,1H3/t5-,9-/m1/s1. The normalized spacial score (nSPS) is 15.5. The SMILES string of the molecule is C[C@@H](O)[C@@H](N)c1cc(Br)cc(Br)c1. The smallest absolute Gasteiger partial charge is 0.0704 e. The largest absolute Gasteiger partial charge is 0.391 e. The van der Waals surface area contributed by atoms with Crippen LogP contribution in [0.2, 0.25) is 0 Å². The molecule has 2 atom stereocenters. The molecule has 0 aliphatic rings. The molecule has 0 aliphatic carbocycles. The molecule has 72 valence electrons. The number of hydrogen-bond acceptors (Lipinski definition) is 2. The van der Waals surface area contributed by atoms with Crippen molar-refractivity contribution in [2.75, 3.05) is 0 Å². The molecule has 0 radical (unpaired) electrons. The molecule has 0 amide bonds. The van der Waals surface area contributed by atoms with Crippen LogP contribution in [0.25, 0.3) is 0 Å². The minimum absolute atomic E-state index is 0.339. The summed E-state index contributed by atoms with van der Waals surface area (Å²) < 4.78 is 1.90. The van der Waals surface area contributed by atoms with Crippen LogP contribution in [0.4, 0.5) is 0 Å². The summed E-state index contributed by atoms with van der Waals surface area (Å²) in [7, 11) is 0. The Kier molecular flexibility index (Phi) is 3.91. The number of aliphatic hydroxyl groups is 1. The fourth-order valence-corrected chi connectivity index (χ4v) is 2.38. The lowest BCUT2D eigenvalue weighted by Gasteiger charge is -2.15. The van der Waals surface area contributed by atoms with Crippen LogP contribution in [0.1, 0.15) is 18.5 Å². The number of benzene rings is 1. The van der Waals surface area contributed by atoms with Crippen molar-refractivity contribution in [3.8, 4) is 0 Å². The van der Waals surface area contributed by atoms with Crippen LogP contribution in [0, 0.1) is 0 Å². The van der Waals surface area contributed by atoms with Gasteiger partial charge in [-0.1, -0.05) is 31.9 Å². The Morgan fingerprint density at radius 2 is 1.69 bits per heavy atom. The van der Waals surface area contributed by atoms with Crippen molar-refractivity contribution in [1.82, 2.24) is 0 Å². The molecule has 0 aliphatic heterocycles. The average Bonchev–Trinajstić information content (AvgIpc) is 2.01. The maximum atomic E-state index is 9.30. The highest BCUT2D eigenvalue weighted by molar-refractivity contribution is 9.11. The molecule has 4 heteroatoms. The first-order valence-corrected chi connectivity index (χ1v) is 5.49. The third-order valence-corrected chi connectivity index (χ3v) is 2.71. The average molecular weight is 309 g/mol. The molecule has 1 rings (SSSR count). The van der Waals surface area contributed by atoms with Crippen LogP contribution in [-0.4, -0.2) is 11.2 Å². The van der Waals surface area contributed by atoms with E-state index in [1.807, 2.05) is 18.2 Å². The molecular weight excluding hydrogens is 298 g/mol. The second-order valence-corrected chi connectivity index (χ2v) is 4.80. The molecule has 0 fully saturated rings. The molecule has 0 spiro atoms. The highest BCUT2D eigenvalue weighted by atomic mass is 79.9. The van der Waals surface area contributed by atoms with Crippen LogP contribution >= 0.6 is 31.9 Å². The Labute approximate surface area is 94.4 Å². The number of rotatable bonds is 2. The van der Waals surface area contributed by atoms with Gasteiger partial charge in [-0.05, 0) is 30.7 Å². The summed E-state index contributed by atoms with van der Waals surface area (Å²) in [5.74, 6) is 0. The van der Waals surface area contributed by atoms with Crippen molar-refractivity contribution in [1.29, 1.82) is 0 Å². The molecule has 13 heavy (non-hydrogen) atoms. The van der Waals surface area contributed by atoms with E-state index in [-0.39, 0.29) is 6.04 Å². The Balaban J connectivity index is 3.01. The van der Waals surface area contributed by atoms with Crippen molar-refractivity contribution < 1.29 is 5.11 Å². The third-order valence-electron chi connectivity index (χ3n) is 1.79. The maximum Gasteiger partial charge on any atom is 0.0704 e. The summed E-state index contributed by atoms with van der Waals surface area (Å²) in [5.41, 5.74) is 6.70. The second kappa shape index (κ2) is 4.55. The third kappa shape index (κ3) is 3.06. The number of aliphatic hydroxyl groups excluding tert-OH is 1. The van der Waals surface area contributed by atoms with E-state index in [0.717, 1.165) is 14.5 Å². The monoisotopic (exact) mass is 307 g/mol. The fourth-order valence-electron chi connectivity index (χ4n) is 1.05. The number of nitrogens with two attached hydrogens (primary N) is 1. The topological polar surface area (TPSA) is 46.2 Å². The molecule has 0 heterocycles. The van der Waals surface area contributed by atoms with Crippen molar-refractivity contribution in [2.24, 2.45) is 5.73 Å². The first-order chi connectivity index (χ1) is 6.00. The lowest BCUT2D eigenvalue weighted by atomic mass is 10.0. The van der Waals surface area contributed by atoms with E-state index >= 15 is 0 Å². The highest BCUT2D eigenvalue weighted by Gasteiger charge is 2.12. The van der Waals surface area contributed by atoms with Gasteiger partial charge in [0.25, 0.3) is 0 Å². The summed E-state index contributed by atoms with van der Waals surface area (Å²) in [5, 5.41) is 9.30. The lowest BCUT2D eigenvalue weighted by Crippen LogP contribution is -2.23. The zero-order valence-electron chi connectivity index (χ0n) is 7.17. The minimum Gasteiger partial charge on any atom is -0.391 e. The summed E-state index contributed by atoms with van der Waals surface area (Å²) in [6, 6.07) is 5.40. The van der Waals surface area contributed by atoms with E-state index in [0.29, 0.717) is 0 Å². The molecule has 1 aromatic rings. The van der Waals surface area contributed by atoms with Gasteiger partial charge in [-0.15, -0.1) is 0 Å². The van der Waals surface area contributed by atoms with Crippen LogP contribution in [-0.2, 0) is 0 Å². The summed E-state index contributed by atoms with van der Waals surface area (Å²) in [6.45, 7) is 1.68. The summed E-state index contributed by atoms with van der Waals surface area (Å²) in [4.78, 5) is 0. The lowest BCUT2D eigenvalue weighted by molar-refractivity contribution is 0.164. The summed E-state index contributed by atoms with van der Waals surface area (Å²) in [6.07, 6.45) is -0.541. The van der Waals surface area contributed by atoms with E-state index in [1.165, 1.54) is 0 Å². The van der Waals surface area contributed by atoms with E-state index in [1.54, 1.807) is 6.92 Å². The van der Waals surface area contributed by atoms with Crippen molar-refractivity contribution in [2.45, 2.75) is 19.1 Å². The first-order valence-electron chi connectivity index (χ1n) is 3.90. The predicted molar refractivity (Wildman–Crippen MR) is 60.5 cm³/mol. The van der Waals surface area contributed by atoms with Gasteiger partial charge in [0.15, 0.2) is 0 Å². The minimum atomic E-state index is -0.541. The molecular formula is C9H11Br2NO. The fraction of sp³-hybridized carbons (Fsp3) is 0.333. The van der Waals surface area contributed by atoms with Gasteiger partial charge < -0.3 is 10.8 Å². The zero-order valence-corrected chi connectivity index (χ0v) is 10.3. The van der Waals surface area contributed by atoms with Crippen LogP contribution in [0.3, 0.4) is 0 Å². The Bertz CT molecular complexity index is 281. The zero-order chi connectivity index (χ0) is 10.0. The summed E-state index contributed by atoms with van der Waals surface area (Å²) >= 11 is 6.73. The van der Waals surface area contributed by atoms with Gasteiger partial charge in [0, 0.05) is 8.95 Å². The van der Waals surface area contributed by atoms with Gasteiger partial charge in [0.1, 0.15) is 0 Å². The maximum absolute atomic E-state index is 9.30. The van der Waals surface area contributed by atoms with Crippen LogP contribution in [0.5, 0.6) is 0 Å². The molecule has 0 aromatic heterocycles. The van der Waals surface area contributed by atoms with Gasteiger partial charge in [0.2, 0.25) is 0 Å². The molecule has 3 N–H and O–H groups in total. The number of halogens is 2. The van der Waals surface area contributed by atoms with Crippen molar-refractivity contribution >= 4 is 31.9 Å². The quantitative estimate of drug-likeness (QED) is 0.882. The predicted octanol–water partition coefficient (Wildman–Crippen LogP) is 2.59. The highest BCUT2D eigenvalue weighted by Crippen LogP contribution is 2.24. The van der Waals surface area contributed by atoms with Gasteiger partial charge >= 0.3 is 0 Å². The van der Waals surface area contributed by atoms with Crippen LogP contribution < -0.4 is 5.73 Å². The van der Waals surface area contributed by atoms with E-state index < -0.39 is 6.10 Å². The van der Waals surface area contributed by atoms with Gasteiger partial charge in [-0.2, -0.15) is 0 Å². The molecule has 0 unspecified atom stereocenters. The van der Waals surface area contributed by atoms with Crippen molar-refractivity contribution in [3.63, 3.8) is 0 Å². The van der Waals surface area contributed by atoms with E-state index in [4.69, 9.17) is 5.73 Å². The Morgan fingerprint density at radius 1 is 1.23 bits per heavy atom. The van der Waals surface area contributed by atoms with E-state index in [9.17, 15) is 5.11 Å². The van der Waals surface area contributed by atoms with Crippen LogP contribution in [0.15, 0.2) is 27.1 Å². The van der Waals surface area contributed by atoms with Crippen molar-refractivity contribution in [3.05, 3.63) is 32.7 Å². The van der Waals surface area contributed by atoms with Gasteiger partial charge in [-0.25, -0.2) is 0 Å². The Morgan fingerprint density at radius 3 is 2.08 bits per heavy atom.